The lowest BCUT2D eigenvalue weighted by Crippen LogP contribution is -2.01. The monoisotopic (exact) mass is 128 g/mol. The minimum atomic E-state index is -0.0649. The molecule has 0 N–H and O–H groups in total. The van der Waals surface area contributed by atoms with Crippen LogP contribution in [0.15, 0.2) is 12.2 Å². The Morgan fingerprint density at radius 2 is 2.11 bits per heavy atom. The first-order chi connectivity index (χ1) is 4.43. The fourth-order valence-electron chi connectivity index (χ4n) is 0.735. The maximum atomic E-state index is 5.15. The van der Waals surface area contributed by atoms with Gasteiger partial charge in [0.15, 0.2) is 6.29 Å². The Balaban J connectivity index is 2.18. The molecule has 1 aliphatic heterocycles. The molecule has 0 atom stereocenters. The molecular weight excluding hydrogens is 116 g/mol. The Bertz CT molecular complexity index is 93.1. The molecule has 0 aromatic rings. The van der Waals surface area contributed by atoms with Gasteiger partial charge in [0, 0.05) is 0 Å². The summed E-state index contributed by atoms with van der Waals surface area (Å²) in [7, 11) is 0. The second kappa shape index (κ2) is 3.64. The van der Waals surface area contributed by atoms with E-state index in [-0.39, 0.29) is 6.29 Å². The summed E-state index contributed by atoms with van der Waals surface area (Å²) in [6.07, 6.45) is 4.98. The van der Waals surface area contributed by atoms with Crippen molar-refractivity contribution in [3.05, 3.63) is 12.2 Å². The molecule has 0 aliphatic carbocycles. The van der Waals surface area contributed by atoms with Crippen LogP contribution in [0.1, 0.15) is 13.3 Å². The van der Waals surface area contributed by atoms with Crippen molar-refractivity contribution in [2.24, 2.45) is 0 Å². The molecule has 1 aliphatic rings. The van der Waals surface area contributed by atoms with E-state index in [1.807, 2.05) is 6.08 Å². The standard InChI is InChI=1S/C7H12O2/c1-2-3-4-7-8-5-6-9-7/h3-4,7H,2,5-6H2,1H3/b4-3+. The second-order valence-corrected chi connectivity index (χ2v) is 1.95. The van der Waals surface area contributed by atoms with Gasteiger partial charge in [-0.3, -0.25) is 0 Å². The van der Waals surface area contributed by atoms with Crippen molar-refractivity contribution in [2.75, 3.05) is 13.2 Å². The summed E-state index contributed by atoms with van der Waals surface area (Å²) in [6, 6.07) is 0. The molecule has 0 radical (unpaired) electrons. The maximum absolute atomic E-state index is 5.15. The third-order valence-electron chi connectivity index (χ3n) is 1.18. The van der Waals surface area contributed by atoms with Crippen LogP contribution in [0, 0.1) is 0 Å². The van der Waals surface area contributed by atoms with E-state index in [1.54, 1.807) is 0 Å². The van der Waals surface area contributed by atoms with Crippen LogP contribution in [-0.2, 0) is 9.47 Å². The molecule has 52 valence electrons. The zero-order valence-corrected chi connectivity index (χ0v) is 5.67. The third-order valence-corrected chi connectivity index (χ3v) is 1.18. The van der Waals surface area contributed by atoms with Crippen molar-refractivity contribution < 1.29 is 9.47 Å². The van der Waals surface area contributed by atoms with Crippen LogP contribution in [0.3, 0.4) is 0 Å². The van der Waals surface area contributed by atoms with Crippen molar-refractivity contribution in [3.8, 4) is 0 Å². The van der Waals surface area contributed by atoms with Crippen LogP contribution >= 0.6 is 0 Å². The van der Waals surface area contributed by atoms with Crippen LogP contribution in [0.2, 0.25) is 0 Å². The summed E-state index contributed by atoms with van der Waals surface area (Å²) in [6.45, 7) is 3.56. The predicted octanol–water partition coefficient (Wildman–Crippen LogP) is 1.33. The quantitative estimate of drug-likeness (QED) is 0.522. The Morgan fingerprint density at radius 3 is 2.67 bits per heavy atom. The number of allylic oxidation sites excluding steroid dienone is 1. The highest BCUT2D eigenvalue weighted by Crippen LogP contribution is 2.04. The van der Waals surface area contributed by atoms with Gasteiger partial charge in [-0.2, -0.15) is 0 Å². The highest BCUT2D eigenvalue weighted by molar-refractivity contribution is 4.85. The highest BCUT2D eigenvalue weighted by atomic mass is 16.7. The number of ether oxygens (including phenoxy) is 2. The minimum absolute atomic E-state index is 0.0649. The zero-order chi connectivity index (χ0) is 6.53. The molecule has 0 aromatic heterocycles. The third kappa shape index (κ3) is 2.16. The second-order valence-electron chi connectivity index (χ2n) is 1.95. The predicted molar refractivity (Wildman–Crippen MR) is 35.1 cm³/mol. The Morgan fingerprint density at radius 1 is 1.44 bits per heavy atom. The molecule has 1 rings (SSSR count). The summed E-state index contributed by atoms with van der Waals surface area (Å²) >= 11 is 0. The molecular formula is C7H12O2. The van der Waals surface area contributed by atoms with Crippen molar-refractivity contribution in [1.29, 1.82) is 0 Å². The molecule has 0 saturated carbocycles. The minimum Gasteiger partial charge on any atom is -0.347 e. The van der Waals surface area contributed by atoms with Crippen molar-refractivity contribution >= 4 is 0 Å². The van der Waals surface area contributed by atoms with Crippen LogP contribution in [0.4, 0.5) is 0 Å². The molecule has 9 heavy (non-hydrogen) atoms. The van der Waals surface area contributed by atoms with Gasteiger partial charge >= 0.3 is 0 Å². The van der Waals surface area contributed by atoms with E-state index < -0.39 is 0 Å². The van der Waals surface area contributed by atoms with E-state index in [2.05, 4.69) is 13.0 Å². The lowest BCUT2D eigenvalue weighted by Gasteiger charge is -1.99. The van der Waals surface area contributed by atoms with Crippen molar-refractivity contribution in [2.45, 2.75) is 19.6 Å². The van der Waals surface area contributed by atoms with Gasteiger partial charge in [-0.05, 0) is 12.5 Å². The lowest BCUT2D eigenvalue weighted by atomic mass is 10.4. The van der Waals surface area contributed by atoms with Gasteiger partial charge in [0.1, 0.15) is 0 Å². The van der Waals surface area contributed by atoms with E-state index in [9.17, 15) is 0 Å². The largest absolute Gasteiger partial charge is 0.347 e. The highest BCUT2D eigenvalue weighted by Gasteiger charge is 2.10. The number of hydrogen-bond acceptors (Lipinski definition) is 2. The summed E-state index contributed by atoms with van der Waals surface area (Å²) in [5.41, 5.74) is 0. The first-order valence-corrected chi connectivity index (χ1v) is 3.33. The molecule has 2 heteroatoms. The Hall–Kier alpha value is -0.340. The topological polar surface area (TPSA) is 18.5 Å². The van der Waals surface area contributed by atoms with Gasteiger partial charge in [0.05, 0.1) is 13.2 Å². The maximum Gasteiger partial charge on any atom is 0.177 e. The molecule has 0 unspecified atom stereocenters. The van der Waals surface area contributed by atoms with Gasteiger partial charge in [0.25, 0.3) is 0 Å². The lowest BCUT2D eigenvalue weighted by molar-refractivity contribution is -0.00171. The Labute approximate surface area is 55.5 Å². The molecule has 2 nitrogen and oxygen atoms in total. The smallest absolute Gasteiger partial charge is 0.177 e. The molecule has 0 spiro atoms. The average Bonchev–Trinajstić information content (AvgIpc) is 2.34. The average molecular weight is 128 g/mol. The first kappa shape index (κ1) is 6.78. The molecule has 0 amide bonds. The van der Waals surface area contributed by atoms with Gasteiger partial charge in [0.2, 0.25) is 0 Å². The Kier molecular flexibility index (Phi) is 2.74. The SMILES string of the molecule is CC/C=C/C1OCCO1. The normalized spacial score (nSPS) is 21.9. The van der Waals surface area contributed by atoms with Crippen molar-refractivity contribution in [3.63, 3.8) is 0 Å². The van der Waals surface area contributed by atoms with Gasteiger partial charge in [-0.15, -0.1) is 0 Å². The summed E-state index contributed by atoms with van der Waals surface area (Å²) in [5.74, 6) is 0. The van der Waals surface area contributed by atoms with Crippen molar-refractivity contribution in [1.82, 2.24) is 0 Å². The first-order valence-electron chi connectivity index (χ1n) is 3.33. The summed E-state index contributed by atoms with van der Waals surface area (Å²) < 4.78 is 10.3. The van der Waals surface area contributed by atoms with E-state index in [1.165, 1.54) is 0 Å². The number of rotatable bonds is 2. The molecule has 1 heterocycles. The van der Waals surface area contributed by atoms with Crippen LogP contribution in [-0.4, -0.2) is 19.5 Å². The number of hydrogen-bond donors (Lipinski definition) is 0. The van der Waals surface area contributed by atoms with E-state index in [4.69, 9.17) is 9.47 Å². The van der Waals surface area contributed by atoms with E-state index >= 15 is 0 Å². The van der Waals surface area contributed by atoms with Crippen LogP contribution in [0.5, 0.6) is 0 Å². The zero-order valence-electron chi connectivity index (χ0n) is 5.67. The fraction of sp³-hybridized carbons (Fsp3) is 0.714. The van der Waals surface area contributed by atoms with E-state index in [0.29, 0.717) is 0 Å². The fourth-order valence-corrected chi connectivity index (χ4v) is 0.735. The molecule has 0 bridgehead atoms. The molecule has 1 fully saturated rings. The van der Waals surface area contributed by atoms with E-state index in [0.717, 1.165) is 19.6 Å². The van der Waals surface area contributed by atoms with Gasteiger partial charge < -0.3 is 9.47 Å². The summed E-state index contributed by atoms with van der Waals surface area (Å²) in [5, 5.41) is 0. The summed E-state index contributed by atoms with van der Waals surface area (Å²) in [4.78, 5) is 0. The van der Waals surface area contributed by atoms with Gasteiger partial charge in [-0.25, -0.2) is 0 Å². The van der Waals surface area contributed by atoms with Gasteiger partial charge in [-0.1, -0.05) is 13.0 Å². The van der Waals surface area contributed by atoms with Crippen LogP contribution in [0.25, 0.3) is 0 Å². The van der Waals surface area contributed by atoms with Crippen LogP contribution < -0.4 is 0 Å². The molecule has 0 aromatic carbocycles. The molecule has 1 saturated heterocycles.